The van der Waals surface area contributed by atoms with Crippen LogP contribution in [0, 0.1) is 0 Å². The fraction of sp³-hybridized carbons (Fsp3) is 0.880. The van der Waals surface area contributed by atoms with E-state index < -0.39 is 0 Å². The fourth-order valence-corrected chi connectivity index (χ4v) is 4.81. The van der Waals surface area contributed by atoms with E-state index in [-0.39, 0.29) is 23.8 Å². The van der Waals surface area contributed by atoms with Crippen LogP contribution in [-0.4, -0.2) is 60.3 Å². The molecule has 1 fully saturated rings. The first kappa shape index (κ1) is 28.0. The summed E-state index contributed by atoms with van der Waals surface area (Å²) < 4.78 is 12.2. The Morgan fingerprint density at radius 2 is 1.82 bits per heavy atom. The van der Waals surface area contributed by atoms with Crippen LogP contribution in [0.5, 0.6) is 0 Å². The van der Waals surface area contributed by atoms with E-state index in [2.05, 4.69) is 44.8 Å². The second kappa shape index (κ2) is 14.2. The van der Waals surface area contributed by atoms with Gasteiger partial charge in [0.1, 0.15) is 5.01 Å². The molecule has 2 amide bonds. The molecule has 0 spiro atoms. The van der Waals surface area contributed by atoms with Crippen LogP contribution in [0.15, 0.2) is 0 Å². The van der Waals surface area contributed by atoms with Crippen molar-refractivity contribution in [3.8, 4) is 0 Å². The van der Waals surface area contributed by atoms with E-state index in [0.29, 0.717) is 24.8 Å². The Bertz CT molecular complexity index is 691. The highest BCUT2D eigenvalue weighted by Gasteiger charge is 2.29. The van der Waals surface area contributed by atoms with Crippen LogP contribution >= 0.6 is 11.3 Å². The summed E-state index contributed by atoms with van der Waals surface area (Å²) in [6.45, 7) is 12.5. The summed E-state index contributed by atoms with van der Waals surface area (Å²) in [6.07, 6.45) is 11.0. The minimum atomic E-state index is -0.380. The third-order valence-electron chi connectivity index (χ3n) is 5.95. The predicted octanol–water partition coefficient (Wildman–Crippen LogP) is 6.38. The molecule has 0 N–H and O–H groups in total. The number of carbonyl (C=O) groups excluding carboxylic acids is 1. The molecule has 2 rings (SSSR count). The lowest BCUT2D eigenvalue weighted by Gasteiger charge is -2.29. The van der Waals surface area contributed by atoms with E-state index >= 15 is 0 Å². The minimum absolute atomic E-state index is 0.0707. The normalized spacial score (nSPS) is 19.3. The maximum absolute atomic E-state index is 13.5. The van der Waals surface area contributed by atoms with Gasteiger partial charge in [0.2, 0.25) is 5.13 Å². The Morgan fingerprint density at radius 3 is 2.48 bits per heavy atom. The van der Waals surface area contributed by atoms with Gasteiger partial charge in [-0.3, -0.25) is 4.90 Å². The van der Waals surface area contributed by atoms with Crippen molar-refractivity contribution in [1.82, 2.24) is 15.1 Å². The topological polar surface area (TPSA) is 67.8 Å². The van der Waals surface area contributed by atoms with Crippen LogP contribution in [0.25, 0.3) is 0 Å². The number of amides is 2. The van der Waals surface area contributed by atoms with Gasteiger partial charge >= 0.3 is 6.03 Å². The minimum Gasteiger partial charge on any atom is -0.351 e. The van der Waals surface area contributed by atoms with Gasteiger partial charge in [0.05, 0.1) is 12.6 Å². The number of ether oxygens (including phenoxy) is 2. The van der Waals surface area contributed by atoms with Gasteiger partial charge in [0.15, 0.2) is 6.29 Å². The first-order valence-electron chi connectivity index (χ1n) is 12.9. The highest BCUT2D eigenvalue weighted by atomic mass is 32.1. The lowest BCUT2D eigenvalue weighted by atomic mass is 9.98. The van der Waals surface area contributed by atoms with Gasteiger partial charge in [0, 0.05) is 25.6 Å². The molecule has 0 aliphatic carbocycles. The summed E-state index contributed by atoms with van der Waals surface area (Å²) in [6, 6.07) is -0.0707. The molecule has 2 heterocycles. The summed E-state index contributed by atoms with van der Waals surface area (Å²) in [5.41, 5.74) is -0.0892. The number of likely N-dealkylation sites (N-methyl/N-ethyl adjacent to an activating group) is 1. The van der Waals surface area contributed by atoms with E-state index in [1.165, 1.54) is 37.0 Å². The van der Waals surface area contributed by atoms with E-state index in [4.69, 9.17) is 9.47 Å². The number of carbonyl (C=O) groups is 1. The lowest BCUT2D eigenvalue weighted by Crippen LogP contribution is -2.46. The Labute approximate surface area is 205 Å². The Morgan fingerprint density at radius 1 is 1.09 bits per heavy atom. The molecule has 1 aromatic rings. The molecule has 0 aromatic carbocycles. The second-order valence-electron chi connectivity index (χ2n) is 10.2. The van der Waals surface area contributed by atoms with Crippen LogP contribution in [0.4, 0.5) is 9.93 Å². The average Bonchev–Trinajstić information content (AvgIpc) is 3.16. The first-order valence-corrected chi connectivity index (χ1v) is 13.7. The molecule has 0 bridgehead atoms. The van der Waals surface area contributed by atoms with Gasteiger partial charge in [-0.1, -0.05) is 84.5 Å². The molecule has 1 aliphatic rings. The lowest BCUT2D eigenvalue weighted by molar-refractivity contribution is -0.159. The van der Waals surface area contributed by atoms with Crippen LogP contribution < -0.4 is 4.90 Å². The zero-order valence-electron chi connectivity index (χ0n) is 21.8. The summed E-state index contributed by atoms with van der Waals surface area (Å²) in [5, 5.41) is 10.3. The molecule has 0 radical (unpaired) electrons. The molecule has 7 nitrogen and oxygen atoms in total. The summed E-state index contributed by atoms with van der Waals surface area (Å²) >= 11 is 1.51. The highest BCUT2D eigenvalue weighted by molar-refractivity contribution is 7.15. The SMILES string of the molecule is CCCCCCC1CCCOC(CN(C)C(=O)N(CCCCC)c2nnc(C(C)(C)C)s2)O1. The number of unbranched alkanes of at least 4 members (excludes halogenated alkanes) is 5. The van der Waals surface area contributed by atoms with Gasteiger partial charge in [-0.25, -0.2) is 4.79 Å². The number of nitrogens with zero attached hydrogens (tertiary/aromatic N) is 4. The maximum atomic E-state index is 13.5. The number of hydrogen-bond acceptors (Lipinski definition) is 6. The molecule has 1 aromatic heterocycles. The predicted molar refractivity (Wildman–Crippen MR) is 136 cm³/mol. The van der Waals surface area contributed by atoms with Crippen molar-refractivity contribution in [2.24, 2.45) is 0 Å². The molecule has 0 saturated carbocycles. The number of urea groups is 1. The van der Waals surface area contributed by atoms with Gasteiger partial charge < -0.3 is 14.4 Å². The van der Waals surface area contributed by atoms with Gasteiger partial charge in [-0.05, 0) is 25.7 Å². The van der Waals surface area contributed by atoms with Crippen molar-refractivity contribution < 1.29 is 14.3 Å². The first-order chi connectivity index (χ1) is 15.8. The molecule has 1 aliphatic heterocycles. The zero-order chi connectivity index (χ0) is 24.3. The van der Waals surface area contributed by atoms with Crippen molar-refractivity contribution in [3.63, 3.8) is 0 Å². The van der Waals surface area contributed by atoms with Crippen molar-refractivity contribution in [3.05, 3.63) is 5.01 Å². The molecule has 2 atom stereocenters. The van der Waals surface area contributed by atoms with Crippen molar-refractivity contribution >= 4 is 22.5 Å². The Hall–Kier alpha value is -1.25. The fourth-order valence-electron chi connectivity index (χ4n) is 3.88. The Kier molecular flexibility index (Phi) is 12.1. The van der Waals surface area contributed by atoms with Gasteiger partial charge in [0.25, 0.3) is 0 Å². The number of hydrogen-bond donors (Lipinski definition) is 0. The van der Waals surface area contributed by atoms with Crippen LogP contribution in [0.2, 0.25) is 0 Å². The molecule has 190 valence electrons. The number of rotatable bonds is 12. The summed E-state index contributed by atoms with van der Waals surface area (Å²) in [4.78, 5) is 17.0. The van der Waals surface area contributed by atoms with Crippen LogP contribution in [-0.2, 0) is 14.9 Å². The monoisotopic (exact) mass is 482 g/mol. The van der Waals surface area contributed by atoms with Crippen LogP contribution in [0.1, 0.15) is 104 Å². The third-order valence-corrected chi connectivity index (χ3v) is 7.32. The van der Waals surface area contributed by atoms with Crippen molar-refractivity contribution in [2.75, 3.05) is 31.6 Å². The zero-order valence-corrected chi connectivity index (χ0v) is 22.6. The van der Waals surface area contributed by atoms with E-state index in [1.54, 1.807) is 9.80 Å². The van der Waals surface area contributed by atoms with Crippen LogP contribution in [0.3, 0.4) is 0 Å². The highest BCUT2D eigenvalue weighted by Crippen LogP contribution is 2.30. The largest absolute Gasteiger partial charge is 0.351 e. The quantitative estimate of drug-likeness (QED) is 0.324. The average molecular weight is 483 g/mol. The van der Waals surface area contributed by atoms with E-state index in [1.807, 2.05) is 7.05 Å². The maximum Gasteiger partial charge on any atom is 0.326 e. The van der Waals surface area contributed by atoms with Crippen molar-refractivity contribution in [2.45, 2.75) is 117 Å². The molecule has 33 heavy (non-hydrogen) atoms. The Balaban J connectivity index is 2.01. The molecular weight excluding hydrogens is 436 g/mol. The second-order valence-corrected chi connectivity index (χ2v) is 11.2. The molecular formula is C25H46N4O3S. The van der Waals surface area contributed by atoms with Gasteiger partial charge in [-0.15, -0.1) is 10.2 Å². The third kappa shape index (κ3) is 9.49. The van der Waals surface area contributed by atoms with Crippen molar-refractivity contribution in [1.29, 1.82) is 0 Å². The number of anilines is 1. The molecule has 2 unspecified atom stereocenters. The molecule has 8 heteroatoms. The summed E-state index contributed by atoms with van der Waals surface area (Å²) in [7, 11) is 1.83. The standard InChI is InChI=1S/C25H46N4O3S/c1-7-9-11-12-15-20-16-14-18-31-21(32-20)19-28(6)24(30)29(17-13-10-8-2)23-27-26-22(33-23)25(3,4)5/h20-21H,7-19H2,1-6H3. The van der Waals surface area contributed by atoms with Gasteiger partial charge in [-0.2, -0.15) is 0 Å². The smallest absolute Gasteiger partial charge is 0.326 e. The van der Waals surface area contributed by atoms with E-state index in [9.17, 15) is 4.79 Å². The number of aromatic nitrogens is 2. The molecule has 1 saturated heterocycles. The summed E-state index contributed by atoms with van der Waals surface area (Å²) in [5.74, 6) is 0. The van der Waals surface area contributed by atoms with E-state index in [0.717, 1.165) is 43.5 Å².